The molecule has 1 aromatic carbocycles. The van der Waals surface area contributed by atoms with Crippen LogP contribution in [-0.4, -0.2) is 5.54 Å². The lowest BCUT2D eigenvalue weighted by atomic mass is 9.83. The fourth-order valence-electron chi connectivity index (χ4n) is 2.21. The molecule has 1 aromatic rings. The van der Waals surface area contributed by atoms with Crippen LogP contribution < -0.4 is 5.73 Å². The quantitative estimate of drug-likeness (QED) is 0.858. The van der Waals surface area contributed by atoms with Crippen LogP contribution in [0, 0.1) is 6.92 Å². The molecule has 1 nitrogen and oxygen atoms in total. The van der Waals surface area contributed by atoms with Crippen molar-refractivity contribution in [2.75, 3.05) is 0 Å². The molecule has 2 N–H and O–H groups in total. The molecule has 0 heterocycles. The maximum atomic E-state index is 14.3. The third kappa shape index (κ3) is 4.27. The summed E-state index contributed by atoms with van der Waals surface area (Å²) >= 11 is 0. The van der Waals surface area contributed by atoms with Crippen molar-refractivity contribution in [3.63, 3.8) is 0 Å². The highest BCUT2D eigenvalue weighted by Crippen LogP contribution is 2.38. The van der Waals surface area contributed by atoms with E-state index in [1.54, 1.807) is 32.9 Å². The lowest BCUT2D eigenvalue weighted by Crippen LogP contribution is -2.38. The van der Waals surface area contributed by atoms with Crippen LogP contribution in [0.1, 0.15) is 57.7 Å². The van der Waals surface area contributed by atoms with Crippen LogP contribution in [0.15, 0.2) is 18.2 Å². The molecule has 0 unspecified atom stereocenters. The van der Waals surface area contributed by atoms with Gasteiger partial charge in [-0.05, 0) is 37.3 Å². The summed E-state index contributed by atoms with van der Waals surface area (Å²) < 4.78 is 28.5. The molecule has 19 heavy (non-hydrogen) atoms. The van der Waals surface area contributed by atoms with E-state index in [-0.39, 0.29) is 17.4 Å². The van der Waals surface area contributed by atoms with E-state index >= 15 is 0 Å². The van der Waals surface area contributed by atoms with E-state index in [4.69, 9.17) is 5.73 Å². The Bertz CT molecular complexity index is 451. The lowest BCUT2D eigenvalue weighted by Gasteiger charge is -2.28. The summed E-state index contributed by atoms with van der Waals surface area (Å²) in [6.07, 6.45) is -0.351. The third-order valence-corrected chi connectivity index (χ3v) is 3.16. The monoisotopic (exact) mass is 269 g/mol. The Kier molecular flexibility index (Phi) is 4.12. The molecule has 0 atom stereocenters. The molecule has 0 aliphatic rings. The van der Waals surface area contributed by atoms with Gasteiger partial charge in [-0.2, -0.15) is 0 Å². The van der Waals surface area contributed by atoms with Gasteiger partial charge in [-0.25, -0.2) is 8.78 Å². The Morgan fingerprint density at radius 2 is 1.58 bits per heavy atom. The van der Waals surface area contributed by atoms with E-state index in [0.29, 0.717) is 5.56 Å². The first-order chi connectivity index (χ1) is 8.33. The summed E-state index contributed by atoms with van der Waals surface area (Å²) in [5, 5.41) is 0. The summed E-state index contributed by atoms with van der Waals surface area (Å²) in [7, 11) is 0. The van der Waals surface area contributed by atoms with Crippen LogP contribution in [0.4, 0.5) is 8.78 Å². The van der Waals surface area contributed by atoms with Gasteiger partial charge in [0, 0.05) is 17.5 Å². The maximum absolute atomic E-state index is 14.3. The van der Waals surface area contributed by atoms with Gasteiger partial charge in [-0.3, -0.25) is 0 Å². The molecular weight excluding hydrogens is 244 g/mol. The number of rotatable bonds is 3. The highest BCUT2D eigenvalue weighted by Gasteiger charge is 2.38. The third-order valence-electron chi connectivity index (χ3n) is 3.16. The van der Waals surface area contributed by atoms with Crippen molar-refractivity contribution >= 4 is 0 Å². The van der Waals surface area contributed by atoms with Crippen LogP contribution in [-0.2, 0) is 11.3 Å². The van der Waals surface area contributed by atoms with Gasteiger partial charge in [0.2, 0.25) is 0 Å². The molecule has 0 aliphatic heterocycles. The van der Waals surface area contributed by atoms with E-state index in [1.165, 1.54) is 0 Å². The second-order valence-electron chi connectivity index (χ2n) is 7.15. The predicted molar refractivity (Wildman–Crippen MR) is 76.7 cm³/mol. The second kappa shape index (κ2) is 4.86. The van der Waals surface area contributed by atoms with E-state index < -0.39 is 11.5 Å². The van der Waals surface area contributed by atoms with Crippen LogP contribution in [0.3, 0.4) is 0 Å². The smallest absolute Gasteiger partial charge is 0.275 e. The van der Waals surface area contributed by atoms with Crippen molar-refractivity contribution in [3.8, 4) is 0 Å². The van der Waals surface area contributed by atoms with E-state index in [2.05, 4.69) is 20.8 Å². The Hall–Kier alpha value is -0.960. The first-order valence-corrected chi connectivity index (χ1v) is 6.61. The van der Waals surface area contributed by atoms with Crippen LogP contribution in [0.2, 0.25) is 0 Å². The molecule has 0 spiro atoms. The molecule has 1 rings (SSSR count). The minimum absolute atomic E-state index is 0.0360. The minimum atomic E-state index is -2.89. The zero-order valence-electron chi connectivity index (χ0n) is 12.8. The van der Waals surface area contributed by atoms with E-state index in [9.17, 15) is 8.78 Å². The normalized spacial score (nSPS) is 13.7. The number of alkyl halides is 2. The zero-order valence-corrected chi connectivity index (χ0v) is 12.8. The molecule has 0 fully saturated rings. The Labute approximate surface area is 115 Å². The number of benzene rings is 1. The van der Waals surface area contributed by atoms with Crippen molar-refractivity contribution in [2.24, 2.45) is 5.73 Å². The summed E-state index contributed by atoms with van der Waals surface area (Å²) in [6, 6.07) is 5.19. The number of halogens is 2. The second-order valence-corrected chi connectivity index (χ2v) is 7.15. The molecule has 0 amide bonds. The average molecular weight is 269 g/mol. The van der Waals surface area contributed by atoms with Crippen molar-refractivity contribution in [1.29, 1.82) is 0 Å². The van der Waals surface area contributed by atoms with Gasteiger partial charge < -0.3 is 5.73 Å². The number of hydrogen-bond donors (Lipinski definition) is 1. The van der Waals surface area contributed by atoms with E-state index in [1.807, 2.05) is 6.07 Å². The van der Waals surface area contributed by atoms with Gasteiger partial charge in [0.15, 0.2) is 0 Å². The predicted octanol–water partition coefficient (Wildman–Crippen LogP) is 4.51. The summed E-state index contributed by atoms with van der Waals surface area (Å²) in [4.78, 5) is 0. The SMILES string of the molecule is Cc1cc(C(C)(C)C)ccc1C(F)(F)CC(C)(C)N. The van der Waals surface area contributed by atoms with E-state index in [0.717, 1.165) is 5.56 Å². The van der Waals surface area contributed by atoms with Gasteiger partial charge >= 0.3 is 0 Å². The molecule has 0 radical (unpaired) electrons. The van der Waals surface area contributed by atoms with Crippen LogP contribution in [0.5, 0.6) is 0 Å². The fraction of sp³-hybridized carbons (Fsp3) is 0.625. The molecule has 3 heteroatoms. The Morgan fingerprint density at radius 1 is 1.05 bits per heavy atom. The topological polar surface area (TPSA) is 26.0 Å². The molecule has 0 saturated carbocycles. The highest BCUT2D eigenvalue weighted by molar-refractivity contribution is 5.37. The van der Waals surface area contributed by atoms with Crippen molar-refractivity contribution in [2.45, 2.75) is 64.8 Å². The first kappa shape index (κ1) is 16.1. The average Bonchev–Trinajstić information content (AvgIpc) is 2.11. The standard InChI is InChI=1S/C16H25F2N/c1-11-9-12(14(2,3)4)7-8-13(11)16(17,18)10-15(5,6)19/h7-9H,10,19H2,1-6H3. The largest absolute Gasteiger partial charge is 0.325 e. The van der Waals surface area contributed by atoms with Crippen LogP contribution in [0.25, 0.3) is 0 Å². The lowest BCUT2D eigenvalue weighted by molar-refractivity contribution is -0.0301. The zero-order chi connectivity index (χ0) is 15.1. The molecular formula is C16H25F2N. The van der Waals surface area contributed by atoms with Crippen molar-refractivity contribution in [3.05, 3.63) is 34.9 Å². The van der Waals surface area contributed by atoms with Gasteiger partial charge in [-0.15, -0.1) is 0 Å². The number of nitrogens with two attached hydrogens (primary N) is 1. The molecule has 0 bridgehead atoms. The Balaban J connectivity index is 3.16. The van der Waals surface area contributed by atoms with Crippen molar-refractivity contribution < 1.29 is 8.78 Å². The first-order valence-electron chi connectivity index (χ1n) is 6.61. The van der Waals surface area contributed by atoms with Gasteiger partial charge in [0.1, 0.15) is 0 Å². The molecule has 0 saturated heterocycles. The summed E-state index contributed by atoms with van der Waals surface area (Å²) in [6.45, 7) is 11.2. The molecule has 0 aromatic heterocycles. The highest BCUT2D eigenvalue weighted by atomic mass is 19.3. The molecule has 0 aliphatic carbocycles. The summed E-state index contributed by atoms with van der Waals surface area (Å²) in [5.41, 5.74) is 6.58. The van der Waals surface area contributed by atoms with Gasteiger partial charge in [-0.1, -0.05) is 39.0 Å². The van der Waals surface area contributed by atoms with Crippen molar-refractivity contribution in [1.82, 2.24) is 0 Å². The summed E-state index contributed by atoms with van der Waals surface area (Å²) in [5.74, 6) is -2.89. The minimum Gasteiger partial charge on any atom is -0.325 e. The molecule has 108 valence electrons. The van der Waals surface area contributed by atoms with Crippen LogP contribution >= 0.6 is 0 Å². The Morgan fingerprint density at radius 3 is 1.95 bits per heavy atom. The fourth-order valence-corrected chi connectivity index (χ4v) is 2.21. The van der Waals surface area contributed by atoms with Gasteiger partial charge in [0.25, 0.3) is 5.92 Å². The number of aryl methyl sites for hydroxylation is 1. The number of hydrogen-bond acceptors (Lipinski definition) is 1. The van der Waals surface area contributed by atoms with Gasteiger partial charge in [0.05, 0.1) is 0 Å². The maximum Gasteiger partial charge on any atom is 0.275 e.